The third kappa shape index (κ3) is 1.62. The van der Waals surface area contributed by atoms with Crippen LogP contribution >= 0.6 is 0 Å². The van der Waals surface area contributed by atoms with E-state index in [1.54, 1.807) is 12.1 Å². The summed E-state index contributed by atoms with van der Waals surface area (Å²) in [5.74, 6) is 0. The lowest BCUT2D eigenvalue weighted by Gasteiger charge is -2.17. The van der Waals surface area contributed by atoms with Crippen molar-refractivity contribution in [1.82, 2.24) is 4.90 Å². The van der Waals surface area contributed by atoms with Crippen molar-refractivity contribution >= 4 is 9.84 Å². The Morgan fingerprint density at radius 1 is 1.22 bits per heavy atom. The van der Waals surface area contributed by atoms with Crippen LogP contribution in [0.1, 0.15) is 25.8 Å². The lowest BCUT2D eigenvalue weighted by atomic mass is 10.1. The van der Waals surface area contributed by atoms with E-state index in [1.807, 2.05) is 19.1 Å². The Morgan fingerprint density at radius 3 is 2.33 bits per heavy atom. The molecular formula is C14H19NO2S. The van der Waals surface area contributed by atoms with Gasteiger partial charge >= 0.3 is 0 Å². The summed E-state index contributed by atoms with van der Waals surface area (Å²) in [6.07, 6.45) is 0.781. The zero-order valence-corrected chi connectivity index (χ0v) is 11.9. The van der Waals surface area contributed by atoms with Crippen LogP contribution in [-0.2, 0) is 9.84 Å². The van der Waals surface area contributed by atoms with Gasteiger partial charge in [0.05, 0.1) is 10.1 Å². The van der Waals surface area contributed by atoms with Gasteiger partial charge in [-0.3, -0.25) is 4.90 Å². The van der Waals surface area contributed by atoms with Gasteiger partial charge in [0.25, 0.3) is 0 Å². The van der Waals surface area contributed by atoms with Gasteiger partial charge in [0, 0.05) is 18.1 Å². The molecule has 3 atom stereocenters. The normalized spacial score (nSPS) is 33.2. The maximum atomic E-state index is 12.5. The number of fused-ring (bicyclic) bond motifs is 1. The molecule has 0 spiro atoms. The Hall–Kier alpha value is -0.870. The van der Waals surface area contributed by atoms with Crippen LogP contribution in [-0.4, -0.2) is 36.7 Å². The fourth-order valence-electron chi connectivity index (χ4n) is 3.12. The van der Waals surface area contributed by atoms with Gasteiger partial charge in [-0.25, -0.2) is 8.42 Å². The maximum Gasteiger partial charge on any atom is 0.182 e. The van der Waals surface area contributed by atoms with Crippen LogP contribution in [0.25, 0.3) is 0 Å². The summed E-state index contributed by atoms with van der Waals surface area (Å²) in [5.41, 5.74) is 1.31. The minimum absolute atomic E-state index is 0.222. The van der Waals surface area contributed by atoms with E-state index in [-0.39, 0.29) is 10.8 Å². The molecule has 2 aliphatic heterocycles. The molecule has 0 amide bonds. The highest BCUT2D eigenvalue weighted by atomic mass is 32.2. The molecule has 98 valence electrons. The molecule has 2 aliphatic rings. The lowest BCUT2D eigenvalue weighted by molar-refractivity contribution is 0.455. The number of aryl methyl sites for hydroxylation is 1. The summed E-state index contributed by atoms with van der Waals surface area (Å²) in [7, 11) is -3.15. The van der Waals surface area contributed by atoms with Crippen molar-refractivity contribution in [2.45, 2.75) is 48.9 Å². The highest BCUT2D eigenvalue weighted by Gasteiger charge is 2.62. The van der Waals surface area contributed by atoms with E-state index in [0.717, 1.165) is 12.0 Å². The molecular weight excluding hydrogens is 246 g/mol. The molecule has 0 aromatic heterocycles. The van der Waals surface area contributed by atoms with Crippen LogP contribution in [0.3, 0.4) is 0 Å². The summed E-state index contributed by atoms with van der Waals surface area (Å²) in [6.45, 7) is 7.03. The second-order valence-corrected chi connectivity index (χ2v) is 8.27. The molecule has 2 fully saturated rings. The van der Waals surface area contributed by atoms with Crippen molar-refractivity contribution < 1.29 is 8.42 Å². The molecule has 3 unspecified atom stereocenters. The average molecular weight is 265 g/mol. The molecule has 1 aromatic rings. The van der Waals surface area contributed by atoms with E-state index in [2.05, 4.69) is 18.7 Å². The quantitative estimate of drug-likeness (QED) is 0.768. The Bertz CT molecular complexity index is 560. The standard InChI is InChI=1S/C14H19NO2S/c1-10-4-6-11(7-5-10)18(16,17)12-8-13-14(2,3)15(13)9-12/h4-7,12-13H,8-9H2,1-3H3. The molecule has 0 radical (unpaired) electrons. The van der Waals surface area contributed by atoms with Crippen LogP contribution in [0.2, 0.25) is 0 Å². The van der Waals surface area contributed by atoms with Gasteiger partial charge in [-0.1, -0.05) is 17.7 Å². The molecule has 0 N–H and O–H groups in total. The third-order valence-corrected chi connectivity index (χ3v) is 6.69. The van der Waals surface area contributed by atoms with Gasteiger partial charge in [0.2, 0.25) is 0 Å². The second kappa shape index (κ2) is 3.58. The molecule has 0 saturated carbocycles. The predicted molar refractivity (Wildman–Crippen MR) is 71.3 cm³/mol. The summed E-state index contributed by atoms with van der Waals surface area (Å²) < 4.78 is 25.0. The zero-order valence-electron chi connectivity index (χ0n) is 11.1. The van der Waals surface area contributed by atoms with Gasteiger partial charge in [0.1, 0.15) is 0 Å². The number of nitrogens with zero attached hydrogens (tertiary/aromatic N) is 1. The number of piperidine rings is 1. The van der Waals surface area contributed by atoms with E-state index < -0.39 is 9.84 Å². The predicted octanol–water partition coefficient (Wildman–Crippen LogP) is 2.00. The topological polar surface area (TPSA) is 37.1 Å². The summed E-state index contributed by atoms with van der Waals surface area (Å²) >= 11 is 0. The van der Waals surface area contributed by atoms with Crippen molar-refractivity contribution in [3.05, 3.63) is 29.8 Å². The Morgan fingerprint density at radius 2 is 1.83 bits per heavy atom. The van der Waals surface area contributed by atoms with Gasteiger partial charge in [0.15, 0.2) is 9.84 Å². The Kier molecular flexibility index (Phi) is 2.42. The van der Waals surface area contributed by atoms with Crippen LogP contribution in [0, 0.1) is 6.92 Å². The van der Waals surface area contributed by atoms with Crippen LogP contribution in [0.15, 0.2) is 29.2 Å². The minimum atomic E-state index is -3.15. The fraction of sp³-hybridized carbons (Fsp3) is 0.571. The fourth-order valence-corrected chi connectivity index (χ4v) is 4.81. The number of hydrogen-bond donors (Lipinski definition) is 0. The largest absolute Gasteiger partial charge is 0.291 e. The van der Waals surface area contributed by atoms with Crippen molar-refractivity contribution in [1.29, 1.82) is 0 Å². The molecule has 0 aliphatic carbocycles. The average Bonchev–Trinajstić information content (AvgIpc) is 2.69. The zero-order chi connectivity index (χ0) is 13.1. The monoisotopic (exact) mass is 265 g/mol. The summed E-state index contributed by atoms with van der Waals surface area (Å²) in [4.78, 5) is 2.77. The van der Waals surface area contributed by atoms with Gasteiger partial charge in [-0.15, -0.1) is 0 Å². The third-order valence-electron chi connectivity index (χ3n) is 4.54. The van der Waals surface area contributed by atoms with E-state index in [0.29, 0.717) is 17.5 Å². The molecule has 2 saturated heterocycles. The smallest absolute Gasteiger partial charge is 0.182 e. The van der Waals surface area contributed by atoms with Crippen molar-refractivity contribution in [3.63, 3.8) is 0 Å². The highest BCUT2D eigenvalue weighted by molar-refractivity contribution is 7.92. The SMILES string of the molecule is Cc1ccc(S(=O)(=O)C2CC3N(C2)C3(C)C)cc1. The van der Waals surface area contributed by atoms with Crippen molar-refractivity contribution in [2.75, 3.05) is 6.54 Å². The van der Waals surface area contributed by atoms with Crippen molar-refractivity contribution in [3.8, 4) is 0 Å². The van der Waals surface area contributed by atoms with E-state index >= 15 is 0 Å². The number of hydrogen-bond acceptors (Lipinski definition) is 3. The Labute approximate surface area is 109 Å². The van der Waals surface area contributed by atoms with Crippen LogP contribution in [0.5, 0.6) is 0 Å². The van der Waals surface area contributed by atoms with E-state index in [4.69, 9.17) is 0 Å². The molecule has 2 heterocycles. The minimum Gasteiger partial charge on any atom is -0.291 e. The van der Waals surface area contributed by atoms with E-state index in [1.165, 1.54) is 0 Å². The number of benzene rings is 1. The lowest BCUT2D eigenvalue weighted by Crippen LogP contribution is -2.30. The first-order valence-electron chi connectivity index (χ1n) is 6.41. The number of sulfone groups is 1. The molecule has 3 nitrogen and oxygen atoms in total. The molecule has 18 heavy (non-hydrogen) atoms. The molecule has 1 aromatic carbocycles. The molecule has 3 rings (SSSR count). The summed E-state index contributed by atoms with van der Waals surface area (Å²) in [5, 5.41) is -0.224. The first-order valence-corrected chi connectivity index (χ1v) is 7.95. The maximum absolute atomic E-state index is 12.5. The first kappa shape index (κ1) is 12.2. The van der Waals surface area contributed by atoms with Crippen molar-refractivity contribution in [2.24, 2.45) is 0 Å². The van der Waals surface area contributed by atoms with Crippen LogP contribution < -0.4 is 0 Å². The summed E-state index contributed by atoms with van der Waals surface area (Å²) in [6, 6.07) is 7.66. The number of rotatable bonds is 2. The first-order chi connectivity index (χ1) is 8.33. The molecule has 0 bridgehead atoms. The van der Waals surface area contributed by atoms with E-state index in [9.17, 15) is 8.42 Å². The molecule has 4 heteroatoms. The van der Waals surface area contributed by atoms with Crippen LogP contribution in [0.4, 0.5) is 0 Å². The second-order valence-electron chi connectivity index (χ2n) is 6.04. The Balaban J connectivity index is 1.83. The van der Waals surface area contributed by atoms with Gasteiger partial charge in [-0.05, 0) is 39.3 Å². The van der Waals surface area contributed by atoms with Gasteiger partial charge in [-0.2, -0.15) is 0 Å². The van der Waals surface area contributed by atoms with Gasteiger partial charge < -0.3 is 0 Å². The highest BCUT2D eigenvalue weighted by Crippen LogP contribution is 2.49.